The lowest BCUT2D eigenvalue weighted by molar-refractivity contribution is -0.146. The molecule has 0 aliphatic heterocycles. The van der Waals surface area contributed by atoms with Gasteiger partial charge in [0.25, 0.3) is 0 Å². The van der Waals surface area contributed by atoms with Crippen LogP contribution in [0, 0.1) is 11.8 Å². The van der Waals surface area contributed by atoms with E-state index in [4.69, 9.17) is 13.9 Å². The molecule has 0 amide bonds. The van der Waals surface area contributed by atoms with E-state index in [9.17, 15) is 9.59 Å². The zero-order chi connectivity index (χ0) is 14.7. The molecule has 2 fully saturated rings. The van der Waals surface area contributed by atoms with Crippen LogP contribution in [-0.4, -0.2) is 25.2 Å². The molecule has 0 radical (unpaired) electrons. The number of hydrogen-bond acceptors (Lipinski definition) is 5. The van der Waals surface area contributed by atoms with Crippen LogP contribution in [0.15, 0.2) is 16.9 Å². The van der Waals surface area contributed by atoms with Crippen molar-refractivity contribution < 1.29 is 23.5 Å². The van der Waals surface area contributed by atoms with Gasteiger partial charge in [-0.05, 0) is 36.8 Å². The van der Waals surface area contributed by atoms with Gasteiger partial charge in [-0.3, -0.25) is 9.59 Å². The highest BCUT2D eigenvalue weighted by molar-refractivity contribution is 5.75. The fourth-order valence-corrected chi connectivity index (χ4v) is 2.19. The Morgan fingerprint density at radius 1 is 0.905 bits per heavy atom. The van der Waals surface area contributed by atoms with Gasteiger partial charge in [0, 0.05) is 12.8 Å². The van der Waals surface area contributed by atoms with E-state index in [-0.39, 0.29) is 23.8 Å². The van der Waals surface area contributed by atoms with Crippen molar-refractivity contribution >= 4 is 11.9 Å². The van der Waals surface area contributed by atoms with Crippen LogP contribution in [0.1, 0.15) is 36.8 Å². The molecule has 1 aromatic heterocycles. The first-order valence-corrected chi connectivity index (χ1v) is 7.61. The molecule has 5 nitrogen and oxygen atoms in total. The largest absolute Gasteiger partial charge is 0.472 e. The van der Waals surface area contributed by atoms with Crippen molar-refractivity contribution in [3.05, 3.63) is 23.7 Å². The van der Waals surface area contributed by atoms with Gasteiger partial charge in [-0.15, -0.1) is 0 Å². The second kappa shape index (κ2) is 6.33. The summed E-state index contributed by atoms with van der Waals surface area (Å²) in [4.78, 5) is 22.9. The lowest BCUT2D eigenvalue weighted by atomic mass is 10.1. The Bertz CT molecular complexity index is 466. The van der Waals surface area contributed by atoms with Gasteiger partial charge in [-0.25, -0.2) is 0 Å². The number of hydrogen-bond donors (Lipinski definition) is 0. The van der Waals surface area contributed by atoms with Crippen molar-refractivity contribution in [3.63, 3.8) is 0 Å². The van der Waals surface area contributed by atoms with Crippen molar-refractivity contribution in [1.29, 1.82) is 0 Å². The number of carbonyl (C=O) groups excluding carboxylic acids is 2. The Labute approximate surface area is 123 Å². The first-order valence-electron chi connectivity index (χ1n) is 7.61. The molecule has 0 atom stereocenters. The Balaban J connectivity index is 1.38. The number of carbonyl (C=O) groups is 2. The van der Waals surface area contributed by atoms with Crippen LogP contribution in [0.3, 0.4) is 0 Å². The molecule has 1 heterocycles. The smallest absolute Gasteiger partial charge is 0.308 e. The lowest BCUT2D eigenvalue weighted by Gasteiger charge is -2.06. The molecule has 3 rings (SSSR count). The quantitative estimate of drug-likeness (QED) is 0.688. The zero-order valence-electron chi connectivity index (χ0n) is 12.0. The minimum Gasteiger partial charge on any atom is -0.472 e. The Morgan fingerprint density at radius 2 is 1.33 bits per heavy atom. The molecule has 1 aromatic rings. The predicted molar refractivity (Wildman–Crippen MR) is 73.5 cm³/mol. The Morgan fingerprint density at radius 3 is 1.71 bits per heavy atom. The van der Waals surface area contributed by atoms with Gasteiger partial charge in [0.05, 0.1) is 37.6 Å². The molecule has 0 bridgehead atoms. The Hall–Kier alpha value is -1.78. The Kier molecular flexibility index (Phi) is 4.27. The van der Waals surface area contributed by atoms with Gasteiger partial charge < -0.3 is 13.9 Å². The number of esters is 2. The molecule has 0 aromatic carbocycles. The fourth-order valence-electron chi connectivity index (χ4n) is 2.19. The monoisotopic (exact) mass is 292 g/mol. The molecule has 0 N–H and O–H groups in total. The van der Waals surface area contributed by atoms with Gasteiger partial charge >= 0.3 is 11.9 Å². The molecule has 21 heavy (non-hydrogen) atoms. The summed E-state index contributed by atoms with van der Waals surface area (Å²) >= 11 is 0. The fraction of sp³-hybridized carbons (Fsp3) is 0.625. The highest BCUT2D eigenvalue weighted by atomic mass is 16.5. The molecule has 5 heteroatoms. The summed E-state index contributed by atoms with van der Waals surface area (Å²) in [6.07, 6.45) is 8.46. The van der Waals surface area contributed by atoms with Crippen LogP contribution in [-0.2, 0) is 31.9 Å². The highest BCUT2D eigenvalue weighted by Crippen LogP contribution is 2.30. The van der Waals surface area contributed by atoms with E-state index in [1.807, 2.05) is 0 Å². The third kappa shape index (κ3) is 4.09. The van der Waals surface area contributed by atoms with Crippen LogP contribution in [0.4, 0.5) is 0 Å². The summed E-state index contributed by atoms with van der Waals surface area (Å²) in [6.45, 7) is 0.757. The van der Waals surface area contributed by atoms with Crippen molar-refractivity contribution in [2.45, 2.75) is 38.5 Å². The number of rotatable bonds is 8. The molecule has 0 saturated heterocycles. The first kappa shape index (κ1) is 14.2. The van der Waals surface area contributed by atoms with Crippen LogP contribution >= 0.6 is 0 Å². The molecule has 0 spiro atoms. The van der Waals surface area contributed by atoms with Crippen LogP contribution < -0.4 is 0 Å². The van der Waals surface area contributed by atoms with E-state index in [1.165, 1.54) is 0 Å². The van der Waals surface area contributed by atoms with Gasteiger partial charge in [-0.2, -0.15) is 0 Å². The first-order chi connectivity index (χ1) is 10.2. The lowest BCUT2D eigenvalue weighted by Crippen LogP contribution is -2.11. The van der Waals surface area contributed by atoms with Gasteiger partial charge in [0.15, 0.2) is 0 Å². The molecule has 114 valence electrons. The summed E-state index contributed by atoms with van der Waals surface area (Å²) in [5.74, 6) is 0.100. The zero-order valence-corrected chi connectivity index (χ0v) is 12.0. The van der Waals surface area contributed by atoms with E-state index in [1.54, 1.807) is 12.5 Å². The van der Waals surface area contributed by atoms with E-state index in [0.717, 1.165) is 36.8 Å². The normalized spacial score (nSPS) is 17.5. The average molecular weight is 292 g/mol. The number of furan rings is 1. The average Bonchev–Trinajstić information content (AvgIpc) is 3.37. The van der Waals surface area contributed by atoms with E-state index in [0.29, 0.717) is 26.1 Å². The van der Waals surface area contributed by atoms with Gasteiger partial charge in [-0.1, -0.05) is 0 Å². The van der Waals surface area contributed by atoms with E-state index in [2.05, 4.69) is 0 Å². The SMILES string of the molecule is O=C(OCCc1cocc1CCOC(=O)C1CC1)C1CC1. The molecule has 2 aliphatic rings. The summed E-state index contributed by atoms with van der Waals surface area (Å²) in [5.41, 5.74) is 2.03. The highest BCUT2D eigenvalue weighted by Gasteiger charge is 2.31. The second-order valence-electron chi connectivity index (χ2n) is 5.81. The third-order valence-electron chi connectivity index (χ3n) is 3.89. The van der Waals surface area contributed by atoms with Crippen LogP contribution in [0.5, 0.6) is 0 Å². The van der Waals surface area contributed by atoms with E-state index < -0.39 is 0 Å². The van der Waals surface area contributed by atoms with Gasteiger partial charge in [0.2, 0.25) is 0 Å². The third-order valence-corrected chi connectivity index (χ3v) is 3.89. The summed E-state index contributed by atoms with van der Waals surface area (Å²) in [5, 5.41) is 0. The van der Waals surface area contributed by atoms with Crippen LogP contribution in [0.25, 0.3) is 0 Å². The second-order valence-corrected chi connectivity index (χ2v) is 5.81. The summed E-state index contributed by atoms with van der Waals surface area (Å²) in [7, 11) is 0. The minimum absolute atomic E-state index is 0.0848. The summed E-state index contributed by atoms with van der Waals surface area (Å²) in [6, 6.07) is 0. The summed E-state index contributed by atoms with van der Waals surface area (Å²) < 4.78 is 15.6. The van der Waals surface area contributed by atoms with Crippen molar-refractivity contribution in [2.24, 2.45) is 11.8 Å². The minimum atomic E-state index is -0.0848. The predicted octanol–water partition coefficient (Wildman–Crippen LogP) is 2.27. The maximum Gasteiger partial charge on any atom is 0.308 e. The maximum atomic E-state index is 11.4. The molecule has 0 unspecified atom stereocenters. The molecular weight excluding hydrogens is 272 g/mol. The molecule has 2 aliphatic carbocycles. The van der Waals surface area contributed by atoms with Gasteiger partial charge in [0.1, 0.15) is 0 Å². The van der Waals surface area contributed by atoms with Crippen molar-refractivity contribution in [2.75, 3.05) is 13.2 Å². The maximum absolute atomic E-state index is 11.4. The van der Waals surface area contributed by atoms with E-state index >= 15 is 0 Å². The molecule has 2 saturated carbocycles. The number of ether oxygens (including phenoxy) is 2. The van der Waals surface area contributed by atoms with Crippen molar-refractivity contribution in [1.82, 2.24) is 0 Å². The van der Waals surface area contributed by atoms with Crippen molar-refractivity contribution in [3.8, 4) is 0 Å². The standard InChI is InChI=1S/C16H20O5/c17-15(11-1-2-11)20-7-5-13-9-19-10-14(13)6-8-21-16(18)12-3-4-12/h9-12H,1-8H2. The van der Waals surface area contributed by atoms with Crippen LogP contribution in [0.2, 0.25) is 0 Å². The topological polar surface area (TPSA) is 65.7 Å². The molecular formula is C16H20O5.